The third kappa shape index (κ3) is 16.7. The lowest BCUT2D eigenvalue weighted by atomic mass is 10.1. The highest BCUT2D eigenvalue weighted by Gasteiger charge is 2.33. The fourth-order valence-corrected chi connectivity index (χ4v) is 12.4. The van der Waals surface area contributed by atoms with Gasteiger partial charge in [-0.2, -0.15) is 11.8 Å². The minimum absolute atomic E-state index is 0.0407. The second-order valence-corrected chi connectivity index (χ2v) is 18.4. The van der Waals surface area contributed by atoms with Crippen molar-refractivity contribution in [3.63, 3.8) is 0 Å². The van der Waals surface area contributed by atoms with Crippen LogP contribution < -0.4 is 0 Å². The summed E-state index contributed by atoms with van der Waals surface area (Å²) >= 11 is 10.3. The normalized spacial score (nSPS) is 17.4. The molecule has 2 atom stereocenters. The fraction of sp³-hybridized carbons (Fsp3) is 0.500. The van der Waals surface area contributed by atoms with Gasteiger partial charge in [-0.25, -0.2) is 33.7 Å². The van der Waals surface area contributed by atoms with Crippen LogP contribution in [0.25, 0.3) is 0 Å². The smallest absolute Gasteiger partial charge is 0.338 e. The molecule has 0 aromatic heterocycles. The van der Waals surface area contributed by atoms with E-state index in [1.165, 1.54) is 11.8 Å². The van der Waals surface area contributed by atoms with Gasteiger partial charge in [-0.05, 0) is 24.6 Å². The molecule has 0 radical (unpaired) electrons. The van der Waals surface area contributed by atoms with Crippen molar-refractivity contribution in [2.75, 3.05) is 53.5 Å². The van der Waals surface area contributed by atoms with Crippen LogP contribution in [0.1, 0.15) is 22.8 Å². The van der Waals surface area contributed by atoms with E-state index in [0.29, 0.717) is 38.4 Å². The number of thioether (sulfide) groups is 6. The van der Waals surface area contributed by atoms with E-state index in [0.717, 1.165) is 40.9 Å². The number of aliphatic carboxylic acids is 2. The van der Waals surface area contributed by atoms with Crippen molar-refractivity contribution in [1.29, 1.82) is 0 Å². The zero-order chi connectivity index (χ0) is 34.8. The summed E-state index contributed by atoms with van der Waals surface area (Å²) in [7, 11) is 0. The van der Waals surface area contributed by atoms with Gasteiger partial charge < -0.3 is 24.4 Å². The number of rotatable bonds is 21. The number of hydrogen-bond acceptors (Lipinski definition) is 16. The van der Waals surface area contributed by atoms with Crippen LogP contribution in [0.5, 0.6) is 0 Å². The fourth-order valence-electron chi connectivity index (χ4n) is 3.79. The van der Waals surface area contributed by atoms with E-state index >= 15 is 0 Å². The van der Waals surface area contributed by atoms with E-state index in [9.17, 15) is 24.0 Å². The molecule has 0 saturated carbocycles. The van der Waals surface area contributed by atoms with Gasteiger partial charge in [0.15, 0.2) is 4.93 Å². The Hall–Kier alpha value is -1.93. The number of carboxylic acid groups (broad SMARTS) is 2. The van der Waals surface area contributed by atoms with E-state index in [1.807, 2.05) is 23.5 Å². The molecule has 2 aliphatic rings. The molecule has 12 nitrogen and oxygen atoms in total. The first-order valence-corrected chi connectivity index (χ1v) is 20.8. The van der Waals surface area contributed by atoms with E-state index in [2.05, 4.69) is 0 Å². The first kappa shape index (κ1) is 40.5. The Morgan fingerprint density at radius 2 is 1.52 bits per heavy atom. The number of benzene rings is 1. The summed E-state index contributed by atoms with van der Waals surface area (Å²) in [6, 6.07) is 6.48. The molecule has 2 heterocycles. The van der Waals surface area contributed by atoms with Crippen LogP contribution in [-0.4, -0.2) is 114 Å². The van der Waals surface area contributed by atoms with Gasteiger partial charge in [-0.1, -0.05) is 12.1 Å². The Labute approximate surface area is 303 Å². The monoisotopic (exact) mass is 780 g/mol. The quantitative estimate of drug-likeness (QED) is 0.0330. The van der Waals surface area contributed by atoms with Crippen LogP contribution in [0.4, 0.5) is 0 Å². The molecule has 48 heavy (non-hydrogen) atoms. The summed E-state index contributed by atoms with van der Waals surface area (Å²) in [5.74, 6) is 1.27. The second-order valence-electron chi connectivity index (χ2n) is 9.97. The van der Waals surface area contributed by atoms with E-state index in [4.69, 9.17) is 34.2 Å². The first-order chi connectivity index (χ1) is 23.0. The van der Waals surface area contributed by atoms with Gasteiger partial charge in [-0.3, -0.25) is 0 Å². The van der Waals surface area contributed by atoms with Gasteiger partial charge in [-0.15, -0.1) is 58.8 Å². The number of carbonyl (C=O) groups is 5. The Balaban J connectivity index is 1.51. The molecule has 2 N–H and O–H groups in total. The van der Waals surface area contributed by atoms with Gasteiger partial charge in [0.1, 0.15) is 25.9 Å². The topological polar surface area (TPSA) is 172 Å². The third-order valence-corrected chi connectivity index (χ3v) is 15.4. The highest BCUT2D eigenvalue weighted by Crippen LogP contribution is 2.38. The number of hydrogen-bond donors (Lipinski definition) is 2. The molecule has 3 rings (SSSR count). The summed E-state index contributed by atoms with van der Waals surface area (Å²) in [6.07, 6.45) is 2.34. The lowest BCUT2D eigenvalue weighted by Gasteiger charge is -2.28. The third-order valence-electron chi connectivity index (χ3n) is 5.98. The van der Waals surface area contributed by atoms with E-state index < -0.39 is 40.9 Å². The average molecular weight is 781 g/mol. The number of ether oxygens (including phenoxy) is 3. The maximum absolute atomic E-state index is 13.0. The van der Waals surface area contributed by atoms with E-state index in [1.54, 1.807) is 66.5 Å². The predicted octanol–water partition coefficient (Wildman–Crippen LogP) is 4.82. The molecule has 0 aliphatic carbocycles. The zero-order valence-corrected chi connectivity index (χ0v) is 30.7. The highest BCUT2D eigenvalue weighted by atomic mass is 32.2. The lowest BCUT2D eigenvalue weighted by molar-refractivity contribution is -0.313. The molecule has 0 bridgehead atoms. The zero-order valence-electron chi connectivity index (χ0n) is 25.8. The molecular formula is C30H36O12S6. The maximum atomic E-state index is 13.0. The maximum Gasteiger partial charge on any atom is 0.338 e. The van der Waals surface area contributed by atoms with Gasteiger partial charge in [0, 0.05) is 64.6 Å². The molecule has 1 aromatic rings. The summed E-state index contributed by atoms with van der Waals surface area (Å²) < 4.78 is 17.2. The van der Waals surface area contributed by atoms with Crippen LogP contribution in [0.15, 0.2) is 48.6 Å². The molecule has 2 saturated heterocycles. The Kier molecular flexibility index (Phi) is 18.6. The molecule has 2 unspecified atom stereocenters. The molecule has 18 heteroatoms. The van der Waals surface area contributed by atoms with Crippen molar-refractivity contribution in [2.45, 2.75) is 33.7 Å². The highest BCUT2D eigenvalue weighted by molar-refractivity contribution is 8.21. The molecule has 2 aliphatic heterocycles. The SMILES string of the molecule is CC(COC(=O)c1cccc(COOCC(CSCC2SCCS2)OC(=O)C=CC(=O)O)c1)(OC(=O)C=CC(=O)O)SCC1SCCS1. The summed E-state index contributed by atoms with van der Waals surface area (Å²) in [5, 5.41) is 17.6. The minimum Gasteiger partial charge on any atom is -0.478 e. The van der Waals surface area contributed by atoms with Crippen LogP contribution in [-0.2, 0) is 49.8 Å². The Bertz CT molecular complexity index is 1300. The largest absolute Gasteiger partial charge is 0.478 e. The van der Waals surface area contributed by atoms with Crippen LogP contribution in [0.3, 0.4) is 0 Å². The molecular weight excluding hydrogens is 745 g/mol. The van der Waals surface area contributed by atoms with Crippen molar-refractivity contribution in [3.8, 4) is 0 Å². The van der Waals surface area contributed by atoms with Crippen molar-refractivity contribution < 1.29 is 58.2 Å². The standard InChI is InChI=1S/C30H36O12S6/c1-30(42-26(36)8-6-24(33)34,48-18-28-46-11-12-47-28)19-38-29(37)21-4-2-3-20(13-21)14-39-40-15-22(41-25(35)7-5-23(31)32)16-43-17-27-44-9-10-45-27/h2-8,13,22,27-28H,9-12,14-19H2,1H3,(H,31,32)(H,33,34). The van der Waals surface area contributed by atoms with Crippen LogP contribution in [0.2, 0.25) is 0 Å². The Morgan fingerprint density at radius 1 is 0.896 bits per heavy atom. The van der Waals surface area contributed by atoms with Crippen LogP contribution >= 0.6 is 70.6 Å². The van der Waals surface area contributed by atoms with E-state index in [-0.39, 0.29) is 25.4 Å². The second kappa shape index (κ2) is 22.0. The van der Waals surface area contributed by atoms with Crippen molar-refractivity contribution in [3.05, 3.63) is 59.7 Å². The predicted molar refractivity (Wildman–Crippen MR) is 193 cm³/mol. The molecule has 2 fully saturated rings. The van der Waals surface area contributed by atoms with Gasteiger partial charge >= 0.3 is 29.8 Å². The summed E-state index contributed by atoms with van der Waals surface area (Å²) in [4.78, 5) is 68.3. The summed E-state index contributed by atoms with van der Waals surface area (Å²) in [5.41, 5.74) is 0.809. The molecule has 0 amide bonds. The van der Waals surface area contributed by atoms with Crippen molar-refractivity contribution >= 4 is 100 Å². The summed E-state index contributed by atoms with van der Waals surface area (Å²) in [6.45, 7) is 1.20. The van der Waals surface area contributed by atoms with Crippen LogP contribution in [0, 0.1) is 0 Å². The molecule has 264 valence electrons. The van der Waals surface area contributed by atoms with Crippen molar-refractivity contribution in [1.82, 2.24) is 0 Å². The molecule has 0 spiro atoms. The Morgan fingerprint density at radius 3 is 2.17 bits per heavy atom. The lowest BCUT2D eigenvalue weighted by Crippen LogP contribution is -2.35. The number of carboxylic acids is 2. The average Bonchev–Trinajstić information content (AvgIpc) is 3.78. The van der Waals surface area contributed by atoms with Gasteiger partial charge in [0.2, 0.25) is 0 Å². The van der Waals surface area contributed by atoms with Gasteiger partial charge in [0.05, 0.1) is 14.7 Å². The minimum atomic E-state index is -1.29. The number of esters is 3. The number of carbonyl (C=O) groups excluding carboxylic acids is 3. The van der Waals surface area contributed by atoms with Crippen molar-refractivity contribution in [2.24, 2.45) is 0 Å². The van der Waals surface area contributed by atoms with Gasteiger partial charge in [0.25, 0.3) is 0 Å². The first-order valence-electron chi connectivity index (χ1n) is 14.5. The molecule has 1 aromatic carbocycles.